The zero-order valence-corrected chi connectivity index (χ0v) is 11.0. The van der Waals surface area contributed by atoms with Gasteiger partial charge in [0.2, 0.25) is 0 Å². The van der Waals surface area contributed by atoms with Gasteiger partial charge < -0.3 is 10.4 Å². The molecule has 1 fully saturated rings. The predicted octanol–water partition coefficient (Wildman–Crippen LogP) is 1.02. The molecule has 0 radical (unpaired) electrons. The summed E-state index contributed by atoms with van der Waals surface area (Å²) < 4.78 is 0. The molecule has 1 unspecified atom stereocenters. The molecule has 0 spiro atoms. The smallest absolute Gasteiger partial charge is 0.0636 e. The van der Waals surface area contributed by atoms with Crippen molar-refractivity contribution in [2.75, 3.05) is 19.6 Å². The molecule has 1 aliphatic rings. The summed E-state index contributed by atoms with van der Waals surface area (Å²) in [6.45, 7) is 5.76. The first kappa shape index (κ1) is 13.5. The number of aliphatic hydroxyl groups excluding tert-OH is 1. The number of hydrogen-bond donors (Lipinski definition) is 2. The van der Waals surface area contributed by atoms with Crippen molar-refractivity contribution in [3.63, 3.8) is 0 Å². The molecule has 0 saturated carbocycles. The molecule has 0 amide bonds. The van der Waals surface area contributed by atoms with E-state index in [2.05, 4.69) is 21.3 Å². The van der Waals surface area contributed by atoms with Crippen molar-refractivity contribution in [3.05, 3.63) is 30.1 Å². The molecule has 2 heterocycles. The highest BCUT2D eigenvalue weighted by molar-refractivity contribution is 5.08. The summed E-state index contributed by atoms with van der Waals surface area (Å²) in [5.74, 6) is 0. The number of rotatable bonds is 5. The minimum Gasteiger partial charge on any atom is -0.392 e. The SMILES string of the molecule is CC(O)CNC1CCN(Cc2cccnc2)CC1. The van der Waals surface area contributed by atoms with Gasteiger partial charge in [-0.25, -0.2) is 0 Å². The topological polar surface area (TPSA) is 48.4 Å². The Morgan fingerprint density at radius 1 is 1.50 bits per heavy atom. The van der Waals surface area contributed by atoms with E-state index >= 15 is 0 Å². The van der Waals surface area contributed by atoms with E-state index in [4.69, 9.17) is 0 Å². The van der Waals surface area contributed by atoms with Gasteiger partial charge >= 0.3 is 0 Å². The van der Waals surface area contributed by atoms with Crippen molar-refractivity contribution in [2.45, 2.75) is 38.5 Å². The maximum atomic E-state index is 9.25. The van der Waals surface area contributed by atoms with Crippen LogP contribution in [-0.2, 0) is 6.54 Å². The standard InChI is InChI=1S/C14H23N3O/c1-12(18)9-16-14-4-7-17(8-5-14)11-13-3-2-6-15-10-13/h2-3,6,10,12,14,16,18H,4-5,7-9,11H2,1H3. The van der Waals surface area contributed by atoms with Crippen LogP contribution in [-0.4, -0.2) is 46.8 Å². The molecule has 0 aromatic carbocycles. The van der Waals surface area contributed by atoms with Crippen molar-refractivity contribution >= 4 is 0 Å². The highest BCUT2D eigenvalue weighted by atomic mass is 16.3. The van der Waals surface area contributed by atoms with Crippen LogP contribution in [0.2, 0.25) is 0 Å². The second-order valence-corrected chi connectivity index (χ2v) is 5.17. The highest BCUT2D eigenvalue weighted by Crippen LogP contribution is 2.13. The van der Waals surface area contributed by atoms with Crippen LogP contribution >= 0.6 is 0 Å². The molecule has 1 aromatic heterocycles. The van der Waals surface area contributed by atoms with E-state index in [1.54, 1.807) is 0 Å². The van der Waals surface area contributed by atoms with Gasteiger partial charge in [-0.3, -0.25) is 9.88 Å². The minimum atomic E-state index is -0.251. The Morgan fingerprint density at radius 3 is 2.89 bits per heavy atom. The molecule has 4 nitrogen and oxygen atoms in total. The summed E-state index contributed by atoms with van der Waals surface area (Å²) in [5, 5.41) is 12.7. The Morgan fingerprint density at radius 2 is 2.28 bits per heavy atom. The Labute approximate surface area is 109 Å². The van der Waals surface area contributed by atoms with Crippen molar-refractivity contribution < 1.29 is 5.11 Å². The second kappa shape index (κ2) is 6.83. The van der Waals surface area contributed by atoms with Gasteiger partial charge in [-0.1, -0.05) is 6.07 Å². The largest absolute Gasteiger partial charge is 0.392 e. The lowest BCUT2D eigenvalue weighted by molar-refractivity contribution is 0.159. The second-order valence-electron chi connectivity index (χ2n) is 5.17. The van der Waals surface area contributed by atoms with Crippen LogP contribution in [0.3, 0.4) is 0 Å². The van der Waals surface area contributed by atoms with Gasteiger partial charge in [0.05, 0.1) is 6.10 Å². The number of piperidine rings is 1. The number of pyridine rings is 1. The van der Waals surface area contributed by atoms with Gasteiger partial charge in [0.15, 0.2) is 0 Å². The first-order chi connectivity index (χ1) is 8.74. The average Bonchev–Trinajstić information content (AvgIpc) is 2.39. The normalized spacial score (nSPS) is 19.9. The molecule has 2 rings (SSSR count). The van der Waals surface area contributed by atoms with Gasteiger partial charge in [0.25, 0.3) is 0 Å². The zero-order valence-electron chi connectivity index (χ0n) is 11.0. The summed E-state index contributed by atoms with van der Waals surface area (Å²) in [5.41, 5.74) is 1.29. The van der Waals surface area contributed by atoms with Crippen LogP contribution in [0.1, 0.15) is 25.3 Å². The fourth-order valence-corrected chi connectivity index (χ4v) is 2.38. The van der Waals surface area contributed by atoms with Gasteiger partial charge in [-0.2, -0.15) is 0 Å². The van der Waals surface area contributed by atoms with E-state index in [0.717, 1.165) is 32.5 Å². The third-order valence-electron chi connectivity index (χ3n) is 3.42. The van der Waals surface area contributed by atoms with Crippen LogP contribution in [0.5, 0.6) is 0 Å². The number of hydrogen-bond acceptors (Lipinski definition) is 4. The van der Waals surface area contributed by atoms with E-state index in [9.17, 15) is 5.11 Å². The van der Waals surface area contributed by atoms with Gasteiger partial charge in [0.1, 0.15) is 0 Å². The molecule has 100 valence electrons. The first-order valence-corrected chi connectivity index (χ1v) is 6.77. The number of nitrogens with one attached hydrogen (secondary N) is 1. The van der Waals surface area contributed by atoms with Crippen LogP contribution in [0.15, 0.2) is 24.5 Å². The summed E-state index contributed by atoms with van der Waals surface area (Å²) in [7, 11) is 0. The van der Waals surface area contributed by atoms with Crippen LogP contribution < -0.4 is 5.32 Å². The first-order valence-electron chi connectivity index (χ1n) is 6.77. The molecular formula is C14H23N3O. The summed E-state index contributed by atoms with van der Waals surface area (Å²) in [4.78, 5) is 6.62. The monoisotopic (exact) mass is 249 g/mol. The van der Waals surface area contributed by atoms with E-state index in [-0.39, 0.29) is 6.10 Å². The fourth-order valence-electron chi connectivity index (χ4n) is 2.38. The average molecular weight is 249 g/mol. The van der Waals surface area contributed by atoms with Crippen molar-refractivity contribution in [1.82, 2.24) is 15.2 Å². The molecule has 0 aliphatic carbocycles. The molecule has 2 N–H and O–H groups in total. The molecule has 1 atom stereocenters. The Kier molecular flexibility index (Phi) is 5.11. The summed E-state index contributed by atoms with van der Waals surface area (Å²) in [6, 6.07) is 4.68. The fraction of sp³-hybridized carbons (Fsp3) is 0.643. The van der Waals surface area contributed by atoms with Crippen LogP contribution in [0.25, 0.3) is 0 Å². The Hall–Kier alpha value is -0.970. The molecule has 1 aromatic rings. The van der Waals surface area contributed by atoms with Gasteiger partial charge in [0, 0.05) is 31.5 Å². The van der Waals surface area contributed by atoms with Gasteiger partial charge in [-0.15, -0.1) is 0 Å². The third-order valence-corrected chi connectivity index (χ3v) is 3.42. The quantitative estimate of drug-likeness (QED) is 0.818. The summed E-state index contributed by atoms with van der Waals surface area (Å²) >= 11 is 0. The Bertz CT molecular complexity index is 334. The highest BCUT2D eigenvalue weighted by Gasteiger charge is 2.18. The maximum Gasteiger partial charge on any atom is 0.0636 e. The lowest BCUT2D eigenvalue weighted by Gasteiger charge is -2.32. The minimum absolute atomic E-state index is 0.251. The van der Waals surface area contributed by atoms with E-state index < -0.39 is 0 Å². The Balaban J connectivity index is 1.70. The zero-order chi connectivity index (χ0) is 12.8. The van der Waals surface area contributed by atoms with E-state index in [0.29, 0.717) is 12.6 Å². The number of nitrogens with zero attached hydrogens (tertiary/aromatic N) is 2. The van der Waals surface area contributed by atoms with Crippen molar-refractivity contribution in [3.8, 4) is 0 Å². The van der Waals surface area contributed by atoms with Crippen LogP contribution in [0, 0.1) is 0 Å². The lowest BCUT2D eigenvalue weighted by Crippen LogP contribution is -2.43. The van der Waals surface area contributed by atoms with Crippen LogP contribution in [0.4, 0.5) is 0 Å². The number of likely N-dealkylation sites (tertiary alicyclic amines) is 1. The summed E-state index contributed by atoms with van der Waals surface area (Å²) in [6.07, 6.45) is 5.83. The third kappa shape index (κ3) is 4.37. The van der Waals surface area contributed by atoms with E-state index in [1.165, 1.54) is 5.56 Å². The van der Waals surface area contributed by atoms with Crippen molar-refractivity contribution in [2.24, 2.45) is 0 Å². The molecule has 18 heavy (non-hydrogen) atoms. The molecule has 1 saturated heterocycles. The number of aromatic nitrogens is 1. The maximum absolute atomic E-state index is 9.25. The molecule has 1 aliphatic heterocycles. The molecule has 0 bridgehead atoms. The van der Waals surface area contributed by atoms with E-state index in [1.807, 2.05) is 25.4 Å². The predicted molar refractivity (Wildman–Crippen MR) is 72.2 cm³/mol. The molecule has 4 heteroatoms. The van der Waals surface area contributed by atoms with Gasteiger partial charge in [-0.05, 0) is 44.5 Å². The van der Waals surface area contributed by atoms with Crippen molar-refractivity contribution in [1.29, 1.82) is 0 Å². The molecular weight excluding hydrogens is 226 g/mol. The lowest BCUT2D eigenvalue weighted by atomic mass is 10.0. The number of aliphatic hydroxyl groups is 1.